The molecule has 0 radical (unpaired) electrons. The number of hydrogen-bond donors (Lipinski definition) is 3. The van der Waals surface area contributed by atoms with Crippen molar-refractivity contribution in [2.75, 3.05) is 0 Å². The molecule has 0 spiro atoms. The van der Waals surface area contributed by atoms with E-state index in [1.165, 1.54) is 17.3 Å². The van der Waals surface area contributed by atoms with Crippen LogP contribution >= 0.6 is 23.4 Å². The second-order valence-electron chi connectivity index (χ2n) is 9.32. The number of pyridine rings is 1. The number of hydrazine groups is 1. The highest BCUT2D eigenvalue weighted by Crippen LogP contribution is 2.39. The quantitative estimate of drug-likeness (QED) is 0.205. The number of rotatable bonds is 6. The van der Waals surface area contributed by atoms with E-state index in [2.05, 4.69) is 47.0 Å². The number of aromatic nitrogens is 1. The van der Waals surface area contributed by atoms with E-state index in [9.17, 15) is 4.79 Å². The topological polar surface area (TPSA) is 72.5 Å². The fourth-order valence-electron chi connectivity index (χ4n) is 4.65. The molecular formula is C31H26ClN5OS. The molecule has 1 fully saturated rings. The molecule has 1 aromatic heterocycles. The largest absolute Gasteiger partial charge is 0.321 e. The van der Waals surface area contributed by atoms with E-state index in [-0.39, 0.29) is 17.2 Å². The molecule has 8 heteroatoms. The minimum absolute atomic E-state index is 0.166. The molecule has 194 valence electrons. The fourth-order valence-corrected chi connectivity index (χ4v) is 5.96. The summed E-state index contributed by atoms with van der Waals surface area (Å²) in [4.78, 5) is 17.2. The average Bonchev–Trinajstić information content (AvgIpc) is 3.36. The van der Waals surface area contributed by atoms with Gasteiger partial charge < -0.3 is 4.98 Å². The lowest BCUT2D eigenvalue weighted by atomic mass is 10.0. The molecule has 5 aromatic rings. The van der Waals surface area contributed by atoms with Crippen LogP contribution in [0.5, 0.6) is 0 Å². The van der Waals surface area contributed by atoms with Crippen molar-refractivity contribution in [3.63, 3.8) is 0 Å². The third-order valence-corrected chi connectivity index (χ3v) is 8.02. The zero-order chi connectivity index (χ0) is 26.8. The first-order chi connectivity index (χ1) is 19.1. The van der Waals surface area contributed by atoms with Crippen LogP contribution in [0, 0.1) is 6.92 Å². The number of hydrazone groups is 1. The molecule has 4 aromatic carbocycles. The van der Waals surface area contributed by atoms with E-state index >= 15 is 0 Å². The molecule has 2 unspecified atom stereocenters. The first-order valence-corrected chi connectivity index (χ1v) is 13.9. The number of fused-ring (bicyclic) bond motifs is 1. The highest BCUT2D eigenvalue weighted by molar-refractivity contribution is 8.00. The van der Waals surface area contributed by atoms with Crippen LogP contribution in [-0.4, -0.2) is 21.7 Å². The molecule has 0 bridgehead atoms. The molecule has 39 heavy (non-hydrogen) atoms. The highest BCUT2D eigenvalue weighted by Gasteiger charge is 2.35. The van der Waals surface area contributed by atoms with Gasteiger partial charge in [0, 0.05) is 21.5 Å². The Morgan fingerprint density at radius 2 is 1.62 bits per heavy atom. The van der Waals surface area contributed by atoms with Crippen molar-refractivity contribution < 1.29 is 0 Å². The zero-order valence-corrected chi connectivity index (χ0v) is 22.7. The number of aromatic amines is 1. The molecule has 1 aliphatic heterocycles. The Kier molecular flexibility index (Phi) is 7.22. The predicted octanol–water partition coefficient (Wildman–Crippen LogP) is 6.68. The Morgan fingerprint density at radius 3 is 2.36 bits per heavy atom. The summed E-state index contributed by atoms with van der Waals surface area (Å²) >= 11 is 7.83. The van der Waals surface area contributed by atoms with Crippen LogP contribution in [0.1, 0.15) is 22.9 Å². The minimum Gasteiger partial charge on any atom is -0.321 e. The second-order valence-corrected chi connectivity index (χ2v) is 10.8. The molecule has 1 saturated heterocycles. The Balaban J connectivity index is 1.44. The lowest BCUT2D eigenvalue weighted by Crippen LogP contribution is -2.32. The number of H-pyrrole nitrogens is 1. The Hall–Kier alpha value is -3.88. The summed E-state index contributed by atoms with van der Waals surface area (Å²) in [6, 6.07) is 33.8. The summed E-state index contributed by atoms with van der Waals surface area (Å²) in [5, 5.41) is 8.34. The lowest BCUT2D eigenvalue weighted by molar-refractivity contribution is 0.242. The van der Waals surface area contributed by atoms with E-state index in [1.807, 2.05) is 84.0 Å². The molecule has 1 aliphatic rings. The van der Waals surface area contributed by atoms with Crippen LogP contribution in [0.3, 0.4) is 0 Å². The maximum Gasteiger partial charge on any atom is 0.262 e. The predicted molar refractivity (Wildman–Crippen MR) is 161 cm³/mol. The monoisotopic (exact) mass is 551 g/mol. The van der Waals surface area contributed by atoms with Crippen molar-refractivity contribution in [1.82, 2.24) is 20.8 Å². The summed E-state index contributed by atoms with van der Waals surface area (Å²) in [6.45, 7) is 2.07. The van der Waals surface area contributed by atoms with Gasteiger partial charge in [-0.3, -0.25) is 4.79 Å². The van der Waals surface area contributed by atoms with Crippen LogP contribution in [0.15, 0.2) is 118 Å². The van der Waals surface area contributed by atoms with Crippen molar-refractivity contribution in [3.05, 3.63) is 135 Å². The number of thioether (sulfide) groups is 1. The molecule has 3 N–H and O–H groups in total. The number of nitrogens with one attached hydrogen (secondary N) is 3. The normalized spacial score (nSPS) is 17.3. The lowest BCUT2D eigenvalue weighted by Gasteiger charge is -2.25. The SMILES string of the molecule is Cc1ccc(C2NNC(Sc3c(-c4ccccc4)c4cc(Cl)ccc4[nH]c3=O)N2/N=C/c2ccccc2)cc1. The van der Waals surface area contributed by atoms with Crippen LogP contribution in [-0.2, 0) is 0 Å². The van der Waals surface area contributed by atoms with Crippen LogP contribution < -0.4 is 16.4 Å². The van der Waals surface area contributed by atoms with E-state index in [1.54, 1.807) is 6.07 Å². The molecular weight excluding hydrogens is 526 g/mol. The number of hydrogen-bond acceptors (Lipinski definition) is 6. The van der Waals surface area contributed by atoms with Gasteiger partial charge in [-0.25, -0.2) is 15.9 Å². The molecule has 6 rings (SSSR count). The van der Waals surface area contributed by atoms with Crippen LogP contribution in [0.25, 0.3) is 22.0 Å². The molecule has 0 saturated carbocycles. The maximum atomic E-state index is 13.6. The van der Waals surface area contributed by atoms with Crippen LogP contribution in [0.4, 0.5) is 0 Å². The summed E-state index contributed by atoms with van der Waals surface area (Å²) in [6.07, 6.45) is 1.60. The van der Waals surface area contributed by atoms with E-state index < -0.39 is 0 Å². The smallest absolute Gasteiger partial charge is 0.262 e. The van der Waals surface area contributed by atoms with Gasteiger partial charge in [-0.05, 0) is 41.8 Å². The van der Waals surface area contributed by atoms with Gasteiger partial charge in [0.05, 0.1) is 11.1 Å². The Labute approximate surface area is 235 Å². The third-order valence-electron chi connectivity index (χ3n) is 6.61. The first-order valence-electron chi connectivity index (χ1n) is 12.6. The second kappa shape index (κ2) is 11.1. The zero-order valence-electron chi connectivity index (χ0n) is 21.1. The van der Waals surface area contributed by atoms with Crippen molar-refractivity contribution in [3.8, 4) is 11.1 Å². The number of halogens is 1. The first kappa shape index (κ1) is 25.4. The summed E-state index contributed by atoms with van der Waals surface area (Å²) in [5.74, 6) is 0. The number of aryl methyl sites for hydroxylation is 1. The number of nitrogens with zero attached hydrogens (tertiary/aromatic N) is 2. The highest BCUT2D eigenvalue weighted by atomic mass is 35.5. The average molecular weight is 552 g/mol. The van der Waals surface area contributed by atoms with Gasteiger partial charge in [0.25, 0.3) is 5.56 Å². The minimum atomic E-state index is -0.378. The Morgan fingerprint density at radius 1 is 0.897 bits per heavy atom. The van der Waals surface area contributed by atoms with Crippen LogP contribution in [0.2, 0.25) is 5.02 Å². The molecule has 2 atom stereocenters. The standard InChI is InChI=1S/C31H26ClN5OS/c1-20-12-14-23(15-13-20)29-35-36-31(37(29)33-19-21-8-4-2-5-9-21)39-28-27(22-10-6-3-7-11-22)25-18-24(32)16-17-26(25)34-30(28)38/h2-19,29,31,35-36H,1H3,(H,34,38)/b33-19+. The van der Waals surface area contributed by atoms with Crippen molar-refractivity contribution in [2.24, 2.45) is 5.10 Å². The van der Waals surface area contributed by atoms with Gasteiger partial charge in [-0.1, -0.05) is 114 Å². The summed E-state index contributed by atoms with van der Waals surface area (Å²) in [7, 11) is 0. The molecule has 0 aliphatic carbocycles. The number of benzene rings is 4. The van der Waals surface area contributed by atoms with E-state index in [4.69, 9.17) is 16.7 Å². The molecule has 0 amide bonds. The van der Waals surface area contributed by atoms with Crippen molar-refractivity contribution >= 4 is 40.5 Å². The summed E-state index contributed by atoms with van der Waals surface area (Å²) in [5.41, 5.74) is 12.0. The molecule has 6 nitrogen and oxygen atoms in total. The summed E-state index contributed by atoms with van der Waals surface area (Å²) < 4.78 is 0. The van der Waals surface area contributed by atoms with Gasteiger partial charge in [0.2, 0.25) is 0 Å². The Bertz CT molecular complexity index is 1690. The van der Waals surface area contributed by atoms with E-state index in [0.29, 0.717) is 9.92 Å². The van der Waals surface area contributed by atoms with Crippen molar-refractivity contribution in [2.45, 2.75) is 23.5 Å². The van der Waals surface area contributed by atoms with Crippen molar-refractivity contribution in [1.29, 1.82) is 0 Å². The maximum absolute atomic E-state index is 13.6. The van der Waals surface area contributed by atoms with Gasteiger partial charge in [-0.15, -0.1) is 0 Å². The third kappa shape index (κ3) is 5.35. The van der Waals surface area contributed by atoms with Gasteiger partial charge in [0.1, 0.15) is 6.17 Å². The van der Waals surface area contributed by atoms with Gasteiger partial charge in [-0.2, -0.15) is 5.10 Å². The molecule has 2 heterocycles. The van der Waals surface area contributed by atoms with Gasteiger partial charge in [0.15, 0.2) is 5.50 Å². The van der Waals surface area contributed by atoms with E-state index in [0.717, 1.165) is 33.2 Å². The van der Waals surface area contributed by atoms with Gasteiger partial charge >= 0.3 is 0 Å². The fraction of sp³-hybridized carbons (Fsp3) is 0.0968.